The van der Waals surface area contributed by atoms with Gasteiger partial charge in [0.15, 0.2) is 0 Å². The van der Waals surface area contributed by atoms with Gasteiger partial charge in [0, 0.05) is 0 Å². The second-order valence-corrected chi connectivity index (χ2v) is 24.8. The van der Waals surface area contributed by atoms with E-state index in [9.17, 15) is 9.59 Å². The summed E-state index contributed by atoms with van der Waals surface area (Å²) in [6, 6.07) is 0. The van der Waals surface area contributed by atoms with Crippen LogP contribution in [0.15, 0.2) is 0 Å². The second kappa shape index (κ2) is 17.2. The molecule has 33 heavy (non-hydrogen) atoms. The molecule has 0 radical (unpaired) electrons. The van der Waals surface area contributed by atoms with Gasteiger partial charge in [-0.05, 0) is 0 Å². The Morgan fingerprint density at radius 1 is 0.879 bits per heavy atom. The van der Waals surface area contributed by atoms with E-state index in [-0.39, 0.29) is 30.1 Å². The predicted molar refractivity (Wildman–Crippen MR) is 140 cm³/mol. The van der Waals surface area contributed by atoms with Crippen molar-refractivity contribution in [2.24, 2.45) is 5.92 Å². The number of hydrogen-bond acceptors (Lipinski definition) is 5. The molecule has 1 aliphatic rings. The molecule has 0 saturated carbocycles. The van der Waals surface area contributed by atoms with E-state index in [1.165, 1.54) is 63.2 Å². The Balaban J connectivity index is 2.81. The molecule has 6 heteroatoms. The van der Waals surface area contributed by atoms with Crippen molar-refractivity contribution < 1.29 is 19.1 Å². The van der Waals surface area contributed by atoms with Crippen molar-refractivity contribution in [2.45, 2.75) is 129 Å². The van der Waals surface area contributed by atoms with Crippen LogP contribution in [0.4, 0.5) is 0 Å². The summed E-state index contributed by atoms with van der Waals surface area (Å²) >= 11 is -2.11. The topological polar surface area (TPSA) is 55.8 Å². The van der Waals surface area contributed by atoms with E-state index in [1.54, 1.807) is 13.3 Å². The second-order valence-electron chi connectivity index (χ2n) is 10.6. The van der Waals surface area contributed by atoms with Gasteiger partial charge in [-0.2, -0.15) is 0 Å². The molecule has 0 aromatic carbocycles. The molecule has 3 atom stereocenters. The van der Waals surface area contributed by atoms with Crippen LogP contribution in [-0.4, -0.2) is 67.6 Å². The minimum absolute atomic E-state index is 0.0603. The van der Waals surface area contributed by atoms with Crippen molar-refractivity contribution in [1.82, 2.24) is 4.90 Å². The Morgan fingerprint density at radius 2 is 1.42 bits per heavy atom. The predicted octanol–water partition coefficient (Wildman–Crippen LogP) is 6.82. The standard InChI is InChI=1S/C15H26NO4.3C4H9.Sn/c1-5-6-7-14(19-11(2)17)13-10-16(4)9-8-15(13)20-12(3)18;3*1-3-4-2;/h13-15H,1,5-10H2,2-4H3;3*1,3-4H2,2H3;. The molecular formula is C27H53NO4Sn. The van der Waals surface area contributed by atoms with Crippen molar-refractivity contribution in [3.05, 3.63) is 0 Å². The third-order valence-electron chi connectivity index (χ3n) is 7.54. The Kier molecular flexibility index (Phi) is 16.0. The van der Waals surface area contributed by atoms with Gasteiger partial charge in [-0.1, -0.05) is 0 Å². The quantitative estimate of drug-likeness (QED) is 0.108. The average Bonchev–Trinajstić information content (AvgIpc) is 2.77. The Morgan fingerprint density at radius 3 is 1.91 bits per heavy atom. The van der Waals surface area contributed by atoms with E-state index in [2.05, 4.69) is 32.7 Å². The van der Waals surface area contributed by atoms with E-state index in [4.69, 9.17) is 9.47 Å². The van der Waals surface area contributed by atoms with Gasteiger partial charge in [-0.3, -0.25) is 0 Å². The van der Waals surface area contributed by atoms with Gasteiger partial charge in [-0.25, -0.2) is 0 Å². The van der Waals surface area contributed by atoms with Crippen LogP contribution in [-0.2, 0) is 19.1 Å². The summed E-state index contributed by atoms with van der Waals surface area (Å²) in [6.07, 6.45) is 11.9. The number of rotatable bonds is 17. The van der Waals surface area contributed by atoms with Crippen molar-refractivity contribution in [3.8, 4) is 0 Å². The van der Waals surface area contributed by atoms with Gasteiger partial charge >= 0.3 is 209 Å². The van der Waals surface area contributed by atoms with Gasteiger partial charge in [0.1, 0.15) is 0 Å². The summed E-state index contributed by atoms with van der Waals surface area (Å²) < 4.78 is 17.7. The Bertz CT molecular complexity index is 534. The van der Waals surface area contributed by atoms with Crippen molar-refractivity contribution in [3.63, 3.8) is 0 Å². The van der Waals surface area contributed by atoms with E-state index < -0.39 is 18.4 Å². The first kappa shape index (κ1) is 30.7. The fourth-order valence-corrected chi connectivity index (χ4v) is 22.3. The number of carbonyl (C=O) groups is 2. The molecule has 0 N–H and O–H groups in total. The molecule has 0 aromatic rings. The summed E-state index contributed by atoms with van der Waals surface area (Å²) in [4.78, 5) is 25.9. The van der Waals surface area contributed by atoms with Crippen LogP contribution in [0.1, 0.15) is 98.8 Å². The number of piperidine rings is 1. The minimum atomic E-state index is -2.11. The van der Waals surface area contributed by atoms with Crippen molar-refractivity contribution in [2.75, 3.05) is 20.1 Å². The van der Waals surface area contributed by atoms with Crippen molar-refractivity contribution in [1.29, 1.82) is 0 Å². The molecule has 3 unspecified atom stereocenters. The summed E-state index contributed by atoms with van der Waals surface area (Å²) in [7, 11) is 2.10. The number of unbranched alkanes of at least 4 members (excludes halogenated alkanes) is 4. The summed E-state index contributed by atoms with van der Waals surface area (Å²) in [5.41, 5.74) is 0. The van der Waals surface area contributed by atoms with Crippen LogP contribution in [0.3, 0.4) is 0 Å². The fourth-order valence-electron chi connectivity index (χ4n) is 5.67. The van der Waals surface area contributed by atoms with Gasteiger partial charge in [-0.15, -0.1) is 0 Å². The summed E-state index contributed by atoms with van der Waals surface area (Å²) in [5, 5.41) is 0. The molecule has 1 saturated heterocycles. The van der Waals surface area contributed by atoms with E-state index in [0.29, 0.717) is 0 Å². The molecule has 1 aliphatic heterocycles. The number of nitrogens with zero attached hydrogens (tertiary/aromatic N) is 1. The monoisotopic (exact) mass is 575 g/mol. The molecule has 0 spiro atoms. The molecule has 1 heterocycles. The van der Waals surface area contributed by atoms with Gasteiger partial charge < -0.3 is 0 Å². The van der Waals surface area contributed by atoms with Crippen LogP contribution in [0.25, 0.3) is 0 Å². The van der Waals surface area contributed by atoms with Gasteiger partial charge in [0.2, 0.25) is 0 Å². The first-order valence-corrected chi connectivity index (χ1v) is 21.9. The third kappa shape index (κ3) is 12.3. The van der Waals surface area contributed by atoms with Crippen LogP contribution < -0.4 is 0 Å². The summed E-state index contributed by atoms with van der Waals surface area (Å²) in [6.45, 7) is 11.7. The maximum absolute atomic E-state index is 11.9. The van der Waals surface area contributed by atoms with Gasteiger partial charge in [0.05, 0.1) is 0 Å². The first-order chi connectivity index (χ1) is 15.8. The number of carbonyl (C=O) groups excluding carboxylic acids is 2. The third-order valence-corrected chi connectivity index (χ3v) is 23.7. The van der Waals surface area contributed by atoms with Crippen LogP contribution in [0, 0.1) is 5.92 Å². The Labute approximate surface area is 208 Å². The van der Waals surface area contributed by atoms with E-state index in [0.717, 1.165) is 32.4 Å². The Hall–Kier alpha value is -0.301. The average molecular weight is 574 g/mol. The van der Waals surface area contributed by atoms with E-state index in [1.807, 2.05) is 0 Å². The molecule has 0 amide bonds. The number of hydrogen-bond donors (Lipinski definition) is 0. The molecular weight excluding hydrogens is 521 g/mol. The summed E-state index contributed by atoms with van der Waals surface area (Å²) in [5.74, 6) is -0.403. The van der Waals surface area contributed by atoms with Crippen LogP contribution in [0.2, 0.25) is 17.7 Å². The molecule has 0 aliphatic carbocycles. The zero-order valence-corrected chi connectivity index (χ0v) is 25.5. The van der Waals surface area contributed by atoms with Crippen molar-refractivity contribution >= 4 is 30.3 Å². The van der Waals surface area contributed by atoms with E-state index >= 15 is 0 Å². The van der Waals surface area contributed by atoms with Gasteiger partial charge in [0.25, 0.3) is 0 Å². The number of likely N-dealkylation sites (tertiary alicyclic amines) is 1. The SMILES string of the molecule is CCC[CH2][Sn]([CH2]CCC)([CH2]CCC)[CH2]CCCC(OC(C)=O)C1CN(C)CCC1OC(C)=O. The molecule has 0 aromatic heterocycles. The molecule has 1 rings (SSSR count). The fraction of sp³-hybridized carbons (Fsp3) is 0.926. The number of esters is 2. The molecule has 194 valence electrons. The normalized spacial score (nSPS) is 20.4. The first-order valence-electron chi connectivity index (χ1n) is 13.8. The zero-order valence-electron chi connectivity index (χ0n) is 22.6. The number of ether oxygens (including phenoxy) is 2. The zero-order chi connectivity index (χ0) is 24.7. The maximum atomic E-state index is 11.9. The molecule has 1 fully saturated rings. The molecule has 5 nitrogen and oxygen atoms in total. The van der Waals surface area contributed by atoms with Crippen LogP contribution in [0.5, 0.6) is 0 Å². The van der Waals surface area contributed by atoms with Crippen LogP contribution >= 0.6 is 0 Å². The molecule has 0 bridgehead atoms.